The Kier molecular flexibility index (Phi) is 6.41. The van der Waals surface area contributed by atoms with Gasteiger partial charge in [0.25, 0.3) is 0 Å². The zero-order valence-corrected chi connectivity index (χ0v) is 12.3. The molecule has 0 aromatic heterocycles. The average Bonchev–Trinajstić information content (AvgIpc) is 2.43. The highest BCUT2D eigenvalue weighted by Gasteiger charge is 2.29. The van der Waals surface area contributed by atoms with Crippen LogP contribution >= 0.6 is 0 Å². The summed E-state index contributed by atoms with van der Waals surface area (Å²) >= 11 is 0. The van der Waals surface area contributed by atoms with E-state index in [0.717, 1.165) is 12.1 Å². The van der Waals surface area contributed by atoms with E-state index in [0.29, 0.717) is 13.2 Å². The van der Waals surface area contributed by atoms with Crippen LogP contribution in [0.15, 0.2) is 30.3 Å². The largest absolute Gasteiger partial charge is 0.340 e. The molecule has 0 radical (unpaired) electrons. The standard InChI is InChI=1S/C14H25N3O2/c1-5-17(16(2)3)12-14(15,18-4)19-11-13-9-7-6-8-10-13/h6-10H,5,11-12,15H2,1-4H3. The van der Waals surface area contributed by atoms with Crippen LogP contribution in [0.5, 0.6) is 0 Å². The van der Waals surface area contributed by atoms with Gasteiger partial charge >= 0.3 is 0 Å². The topological polar surface area (TPSA) is 51.0 Å². The molecule has 19 heavy (non-hydrogen) atoms. The molecule has 0 saturated heterocycles. The summed E-state index contributed by atoms with van der Waals surface area (Å²) in [5.74, 6) is -1.11. The third kappa shape index (κ3) is 5.26. The molecular weight excluding hydrogens is 242 g/mol. The van der Waals surface area contributed by atoms with Gasteiger partial charge in [0.15, 0.2) is 0 Å². The molecule has 1 unspecified atom stereocenters. The molecule has 0 aliphatic rings. The Hall–Kier alpha value is -0.980. The highest BCUT2D eigenvalue weighted by Crippen LogP contribution is 2.12. The van der Waals surface area contributed by atoms with Gasteiger partial charge in [0, 0.05) is 27.7 Å². The lowest BCUT2D eigenvalue weighted by molar-refractivity contribution is -0.247. The average molecular weight is 267 g/mol. The molecule has 1 aromatic rings. The van der Waals surface area contributed by atoms with Crippen LogP contribution in [0.1, 0.15) is 12.5 Å². The molecule has 0 heterocycles. The summed E-state index contributed by atoms with van der Waals surface area (Å²) in [5, 5.41) is 4.03. The monoisotopic (exact) mass is 267 g/mol. The van der Waals surface area contributed by atoms with Gasteiger partial charge in [-0.25, -0.2) is 10.0 Å². The SMILES string of the molecule is CCN(CC(N)(OC)OCc1ccccc1)N(C)C. The van der Waals surface area contributed by atoms with Gasteiger partial charge in [0.1, 0.15) is 0 Å². The number of hydrazine groups is 1. The van der Waals surface area contributed by atoms with Crippen molar-refractivity contribution in [3.63, 3.8) is 0 Å². The van der Waals surface area contributed by atoms with Gasteiger partial charge in [-0.3, -0.25) is 5.73 Å². The molecule has 0 bridgehead atoms. The molecule has 1 rings (SSSR count). The fraction of sp³-hybridized carbons (Fsp3) is 0.571. The Bertz CT molecular complexity index is 359. The van der Waals surface area contributed by atoms with Crippen molar-refractivity contribution in [3.05, 3.63) is 35.9 Å². The van der Waals surface area contributed by atoms with Crippen molar-refractivity contribution in [3.8, 4) is 0 Å². The third-order valence-corrected chi connectivity index (χ3v) is 3.01. The molecule has 1 atom stereocenters. The highest BCUT2D eigenvalue weighted by molar-refractivity contribution is 5.13. The van der Waals surface area contributed by atoms with Gasteiger partial charge < -0.3 is 9.47 Å². The number of likely N-dealkylation sites (N-methyl/N-ethyl adjacent to an activating group) is 1. The number of ether oxygens (including phenoxy) is 2. The molecule has 0 fully saturated rings. The molecule has 0 aliphatic carbocycles. The van der Waals surface area contributed by atoms with Crippen LogP contribution in [0.2, 0.25) is 0 Å². The van der Waals surface area contributed by atoms with E-state index in [1.807, 2.05) is 49.4 Å². The van der Waals surface area contributed by atoms with Crippen LogP contribution in [-0.2, 0) is 16.1 Å². The zero-order valence-electron chi connectivity index (χ0n) is 12.3. The Balaban J connectivity index is 2.59. The Labute approximate surface area is 115 Å². The predicted octanol–water partition coefficient (Wildman–Crippen LogP) is 1.26. The maximum Gasteiger partial charge on any atom is 0.239 e. The minimum atomic E-state index is -1.11. The van der Waals surface area contributed by atoms with E-state index >= 15 is 0 Å². The molecule has 0 aliphatic heterocycles. The smallest absolute Gasteiger partial charge is 0.239 e. The number of benzene rings is 1. The van der Waals surface area contributed by atoms with E-state index in [-0.39, 0.29) is 0 Å². The third-order valence-electron chi connectivity index (χ3n) is 3.01. The van der Waals surface area contributed by atoms with E-state index in [1.54, 1.807) is 7.11 Å². The van der Waals surface area contributed by atoms with Crippen molar-refractivity contribution >= 4 is 0 Å². The number of nitrogens with two attached hydrogens (primary N) is 1. The van der Waals surface area contributed by atoms with Crippen molar-refractivity contribution in [2.75, 3.05) is 34.3 Å². The summed E-state index contributed by atoms with van der Waals surface area (Å²) in [7, 11) is 5.50. The van der Waals surface area contributed by atoms with Crippen LogP contribution in [0.4, 0.5) is 0 Å². The Morgan fingerprint density at radius 1 is 1.21 bits per heavy atom. The van der Waals surface area contributed by atoms with Crippen molar-refractivity contribution in [2.24, 2.45) is 5.73 Å². The van der Waals surface area contributed by atoms with Crippen molar-refractivity contribution in [1.82, 2.24) is 10.0 Å². The summed E-state index contributed by atoms with van der Waals surface area (Å²) in [5.41, 5.74) is 7.22. The first-order valence-electron chi connectivity index (χ1n) is 6.45. The molecular formula is C14H25N3O2. The molecule has 1 aromatic carbocycles. The van der Waals surface area contributed by atoms with Gasteiger partial charge in [0.05, 0.1) is 13.2 Å². The minimum Gasteiger partial charge on any atom is -0.340 e. The maximum absolute atomic E-state index is 6.15. The van der Waals surface area contributed by atoms with Crippen LogP contribution in [-0.4, -0.2) is 50.2 Å². The Morgan fingerprint density at radius 3 is 2.32 bits per heavy atom. The first kappa shape index (κ1) is 16.1. The quantitative estimate of drug-likeness (QED) is 0.567. The fourth-order valence-corrected chi connectivity index (χ4v) is 1.74. The fourth-order valence-electron chi connectivity index (χ4n) is 1.74. The first-order valence-corrected chi connectivity index (χ1v) is 6.45. The maximum atomic E-state index is 6.15. The predicted molar refractivity (Wildman–Crippen MR) is 76.1 cm³/mol. The van der Waals surface area contributed by atoms with Gasteiger partial charge in [0.2, 0.25) is 5.91 Å². The lowest BCUT2D eigenvalue weighted by atomic mass is 10.2. The first-order chi connectivity index (χ1) is 9.00. The van der Waals surface area contributed by atoms with E-state index in [9.17, 15) is 0 Å². The Morgan fingerprint density at radius 2 is 1.84 bits per heavy atom. The normalized spacial score (nSPS) is 14.9. The molecule has 5 heteroatoms. The van der Waals surface area contributed by atoms with Crippen LogP contribution in [0.3, 0.4) is 0 Å². The van der Waals surface area contributed by atoms with Gasteiger partial charge in [-0.15, -0.1) is 0 Å². The number of hydrogen-bond donors (Lipinski definition) is 1. The van der Waals surface area contributed by atoms with Gasteiger partial charge in [-0.1, -0.05) is 37.3 Å². The number of rotatable bonds is 8. The molecule has 0 amide bonds. The summed E-state index contributed by atoms with van der Waals surface area (Å²) in [6.45, 7) is 3.80. The van der Waals surface area contributed by atoms with E-state index < -0.39 is 5.91 Å². The highest BCUT2D eigenvalue weighted by atomic mass is 16.7. The summed E-state index contributed by atoms with van der Waals surface area (Å²) < 4.78 is 11.1. The van der Waals surface area contributed by atoms with E-state index in [4.69, 9.17) is 15.2 Å². The molecule has 5 nitrogen and oxygen atoms in total. The van der Waals surface area contributed by atoms with Gasteiger partial charge in [-0.05, 0) is 5.56 Å². The van der Waals surface area contributed by atoms with Crippen LogP contribution in [0.25, 0.3) is 0 Å². The minimum absolute atomic E-state index is 0.427. The summed E-state index contributed by atoms with van der Waals surface area (Å²) in [6, 6.07) is 9.92. The van der Waals surface area contributed by atoms with Crippen molar-refractivity contribution < 1.29 is 9.47 Å². The second kappa shape index (κ2) is 7.57. The second-order valence-corrected chi connectivity index (χ2v) is 4.62. The molecule has 0 spiro atoms. The number of hydrogen-bond acceptors (Lipinski definition) is 5. The van der Waals surface area contributed by atoms with E-state index in [1.165, 1.54) is 0 Å². The number of nitrogens with zero attached hydrogens (tertiary/aromatic N) is 2. The summed E-state index contributed by atoms with van der Waals surface area (Å²) in [6.07, 6.45) is 0. The lowest BCUT2D eigenvalue weighted by Crippen LogP contribution is -2.56. The van der Waals surface area contributed by atoms with Crippen molar-refractivity contribution in [2.45, 2.75) is 19.4 Å². The van der Waals surface area contributed by atoms with Crippen LogP contribution < -0.4 is 5.73 Å². The second-order valence-electron chi connectivity index (χ2n) is 4.62. The molecule has 0 saturated carbocycles. The molecule has 2 N–H and O–H groups in total. The van der Waals surface area contributed by atoms with Crippen LogP contribution in [0, 0.1) is 0 Å². The lowest BCUT2D eigenvalue weighted by Gasteiger charge is -2.36. The number of methoxy groups -OCH3 is 1. The molecule has 108 valence electrons. The summed E-state index contributed by atoms with van der Waals surface area (Å²) in [4.78, 5) is 0. The zero-order chi connectivity index (χ0) is 14.3. The van der Waals surface area contributed by atoms with Crippen molar-refractivity contribution in [1.29, 1.82) is 0 Å². The van der Waals surface area contributed by atoms with Gasteiger partial charge in [-0.2, -0.15) is 0 Å². The van der Waals surface area contributed by atoms with E-state index in [2.05, 4.69) is 11.9 Å².